The molecule has 1 aromatic carbocycles. The van der Waals surface area contributed by atoms with Crippen molar-refractivity contribution in [1.29, 1.82) is 0 Å². The topological polar surface area (TPSA) is 47.6 Å². The van der Waals surface area contributed by atoms with Crippen LogP contribution in [0.2, 0.25) is 0 Å². The number of anilines is 1. The summed E-state index contributed by atoms with van der Waals surface area (Å²) < 4.78 is 9.81. The number of nitrogens with one attached hydrogen (secondary N) is 1. The second-order valence-electron chi connectivity index (χ2n) is 5.11. The number of benzene rings is 1. The summed E-state index contributed by atoms with van der Waals surface area (Å²) in [6, 6.07) is 8.14. The first kappa shape index (κ1) is 13.7. The molecule has 0 saturated heterocycles. The molecule has 0 amide bonds. The highest BCUT2D eigenvalue weighted by Gasteiger charge is 2.23. The fraction of sp³-hybridized carbons (Fsp3) is 0.533. The lowest BCUT2D eigenvalue weighted by atomic mass is 10.1. The normalized spacial score (nSPS) is 15.7. The number of rotatable bonds is 7. The SMILES string of the molecule is COC(=O)COc1ccc(NC(C)CC2CC2)cc1. The molecule has 1 aliphatic rings. The lowest BCUT2D eigenvalue weighted by molar-refractivity contribution is -0.142. The van der Waals surface area contributed by atoms with Crippen molar-refractivity contribution in [3.05, 3.63) is 24.3 Å². The molecule has 0 aromatic heterocycles. The highest BCUT2D eigenvalue weighted by molar-refractivity contribution is 5.70. The maximum atomic E-state index is 10.9. The summed E-state index contributed by atoms with van der Waals surface area (Å²) in [6.45, 7) is 2.15. The lowest BCUT2D eigenvalue weighted by Gasteiger charge is -2.15. The summed E-state index contributed by atoms with van der Waals surface area (Å²) in [5.41, 5.74) is 1.08. The van der Waals surface area contributed by atoms with Crippen molar-refractivity contribution in [3.8, 4) is 5.75 Å². The summed E-state index contributed by atoms with van der Waals surface area (Å²) in [6.07, 6.45) is 4.00. The van der Waals surface area contributed by atoms with Gasteiger partial charge in [-0.15, -0.1) is 0 Å². The van der Waals surface area contributed by atoms with Crippen LogP contribution in [0.5, 0.6) is 5.75 Å². The van der Waals surface area contributed by atoms with Gasteiger partial charge in [0.05, 0.1) is 7.11 Å². The quantitative estimate of drug-likeness (QED) is 0.768. The van der Waals surface area contributed by atoms with Crippen LogP contribution in [0.1, 0.15) is 26.2 Å². The Labute approximate surface area is 114 Å². The first-order valence-electron chi connectivity index (χ1n) is 6.73. The van der Waals surface area contributed by atoms with Crippen molar-refractivity contribution in [2.45, 2.75) is 32.2 Å². The number of esters is 1. The van der Waals surface area contributed by atoms with Crippen LogP contribution in [0.3, 0.4) is 0 Å². The van der Waals surface area contributed by atoms with Crippen LogP contribution in [0.4, 0.5) is 5.69 Å². The molecule has 0 bridgehead atoms. The number of methoxy groups -OCH3 is 1. The van der Waals surface area contributed by atoms with Crippen molar-refractivity contribution < 1.29 is 14.3 Å². The summed E-state index contributed by atoms with van der Waals surface area (Å²) >= 11 is 0. The summed E-state index contributed by atoms with van der Waals surface area (Å²) in [4.78, 5) is 10.9. The third-order valence-corrected chi connectivity index (χ3v) is 3.24. The molecule has 1 atom stereocenters. The number of hydrogen-bond donors (Lipinski definition) is 1. The molecule has 0 heterocycles. The fourth-order valence-electron chi connectivity index (χ4n) is 2.05. The van der Waals surface area contributed by atoms with Crippen molar-refractivity contribution in [2.75, 3.05) is 19.0 Å². The fourth-order valence-corrected chi connectivity index (χ4v) is 2.05. The molecule has 0 radical (unpaired) electrons. The Morgan fingerprint density at radius 1 is 1.37 bits per heavy atom. The number of hydrogen-bond acceptors (Lipinski definition) is 4. The molecule has 1 N–H and O–H groups in total. The Morgan fingerprint density at radius 3 is 2.63 bits per heavy atom. The molecule has 1 unspecified atom stereocenters. The van der Waals surface area contributed by atoms with E-state index in [0.29, 0.717) is 11.8 Å². The molecule has 1 aromatic rings. The van der Waals surface area contributed by atoms with Gasteiger partial charge in [-0.1, -0.05) is 12.8 Å². The first-order valence-corrected chi connectivity index (χ1v) is 6.73. The zero-order valence-electron chi connectivity index (χ0n) is 11.5. The van der Waals surface area contributed by atoms with Crippen LogP contribution >= 0.6 is 0 Å². The zero-order chi connectivity index (χ0) is 13.7. The predicted octanol–water partition coefficient (Wildman–Crippen LogP) is 2.84. The molecule has 0 aliphatic heterocycles. The van der Waals surface area contributed by atoms with Crippen LogP contribution in [-0.2, 0) is 9.53 Å². The average molecular weight is 263 g/mol. The van der Waals surface area contributed by atoms with Gasteiger partial charge < -0.3 is 14.8 Å². The Morgan fingerprint density at radius 2 is 2.05 bits per heavy atom. The molecule has 1 aliphatic carbocycles. The zero-order valence-corrected chi connectivity index (χ0v) is 11.5. The Bertz CT molecular complexity index is 412. The van der Waals surface area contributed by atoms with Gasteiger partial charge in [-0.25, -0.2) is 4.79 Å². The summed E-state index contributed by atoms with van der Waals surface area (Å²) in [5, 5.41) is 3.47. The van der Waals surface area contributed by atoms with Gasteiger partial charge in [-0.3, -0.25) is 0 Å². The third-order valence-electron chi connectivity index (χ3n) is 3.24. The molecule has 1 fully saturated rings. The minimum Gasteiger partial charge on any atom is -0.482 e. The first-order chi connectivity index (χ1) is 9.17. The van der Waals surface area contributed by atoms with E-state index in [9.17, 15) is 4.79 Å². The maximum absolute atomic E-state index is 10.9. The average Bonchev–Trinajstić information content (AvgIpc) is 3.21. The molecule has 4 heteroatoms. The monoisotopic (exact) mass is 263 g/mol. The minimum absolute atomic E-state index is 0.0542. The molecule has 2 rings (SSSR count). The van der Waals surface area contributed by atoms with Gasteiger partial charge in [-0.05, 0) is 43.5 Å². The lowest BCUT2D eigenvalue weighted by Crippen LogP contribution is -2.15. The van der Waals surface area contributed by atoms with Crippen molar-refractivity contribution in [2.24, 2.45) is 5.92 Å². The highest BCUT2D eigenvalue weighted by Crippen LogP contribution is 2.34. The molecule has 104 valence electrons. The highest BCUT2D eigenvalue weighted by atomic mass is 16.6. The maximum Gasteiger partial charge on any atom is 0.343 e. The molecular weight excluding hydrogens is 242 g/mol. The Balaban J connectivity index is 1.78. The van der Waals surface area contributed by atoms with Crippen molar-refractivity contribution in [3.63, 3.8) is 0 Å². The van der Waals surface area contributed by atoms with E-state index in [1.165, 1.54) is 26.4 Å². The van der Waals surface area contributed by atoms with Crippen LogP contribution in [0.25, 0.3) is 0 Å². The van der Waals surface area contributed by atoms with Crippen LogP contribution < -0.4 is 10.1 Å². The van der Waals surface area contributed by atoms with E-state index in [1.54, 1.807) is 0 Å². The number of ether oxygens (including phenoxy) is 2. The van der Waals surface area contributed by atoms with E-state index in [0.717, 1.165) is 11.6 Å². The van der Waals surface area contributed by atoms with Gasteiger partial charge in [-0.2, -0.15) is 0 Å². The predicted molar refractivity (Wildman–Crippen MR) is 74.4 cm³/mol. The van der Waals surface area contributed by atoms with Crippen LogP contribution in [0, 0.1) is 5.92 Å². The molecular formula is C15H21NO3. The largest absolute Gasteiger partial charge is 0.482 e. The van der Waals surface area contributed by atoms with Gasteiger partial charge >= 0.3 is 5.97 Å². The van der Waals surface area contributed by atoms with Gasteiger partial charge in [0.2, 0.25) is 0 Å². The van der Waals surface area contributed by atoms with Gasteiger partial charge in [0.1, 0.15) is 5.75 Å². The third kappa shape index (κ3) is 4.81. The van der Waals surface area contributed by atoms with Crippen LogP contribution in [-0.4, -0.2) is 25.7 Å². The molecule has 0 spiro atoms. The minimum atomic E-state index is -0.375. The van der Waals surface area contributed by atoms with Crippen molar-refractivity contribution >= 4 is 11.7 Å². The smallest absolute Gasteiger partial charge is 0.343 e. The van der Waals surface area contributed by atoms with E-state index in [4.69, 9.17) is 4.74 Å². The molecule has 4 nitrogen and oxygen atoms in total. The second kappa shape index (κ2) is 6.45. The van der Waals surface area contributed by atoms with E-state index in [2.05, 4.69) is 17.0 Å². The second-order valence-corrected chi connectivity index (χ2v) is 5.11. The van der Waals surface area contributed by atoms with E-state index < -0.39 is 0 Å². The van der Waals surface area contributed by atoms with Crippen molar-refractivity contribution in [1.82, 2.24) is 0 Å². The van der Waals surface area contributed by atoms with Gasteiger partial charge in [0, 0.05) is 11.7 Å². The Hall–Kier alpha value is -1.71. The van der Waals surface area contributed by atoms with E-state index in [-0.39, 0.29) is 12.6 Å². The summed E-state index contributed by atoms with van der Waals surface area (Å²) in [7, 11) is 1.35. The standard InChI is InChI=1S/C15H21NO3/c1-11(9-12-3-4-12)16-13-5-7-14(8-6-13)19-10-15(17)18-2/h5-8,11-12,16H,3-4,9-10H2,1-2H3. The van der Waals surface area contributed by atoms with E-state index >= 15 is 0 Å². The molecule has 19 heavy (non-hydrogen) atoms. The number of carbonyl (C=O) groups excluding carboxylic acids is 1. The molecule has 1 saturated carbocycles. The Kier molecular flexibility index (Phi) is 4.66. The van der Waals surface area contributed by atoms with Gasteiger partial charge in [0.25, 0.3) is 0 Å². The summed E-state index contributed by atoms with van der Waals surface area (Å²) in [5.74, 6) is 1.22. The number of carbonyl (C=O) groups is 1. The van der Waals surface area contributed by atoms with Crippen LogP contribution in [0.15, 0.2) is 24.3 Å². The van der Waals surface area contributed by atoms with E-state index in [1.807, 2.05) is 24.3 Å². The van der Waals surface area contributed by atoms with Gasteiger partial charge in [0.15, 0.2) is 6.61 Å².